The van der Waals surface area contributed by atoms with Gasteiger partial charge in [-0.25, -0.2) is 0 Å². The van der Waals surface area contributed by atoms with Crippen LogP contribution in [0, 0.1) is 5.41 Å². The number of halogens is 1. The molecule has 1 atom stereocenters. The van der Waals surface area contributed by atoms with Gasteiger partial charge in [0.15, 0.2) is 0 Å². The second-order valence-electron chi connectivity index (χ2n) is 6.10. The lowest BCUT2D eigenvalue weighted by atomic mass is 9.85. The van der Waals surface area contributed by atoms with Crippen LogP contribution in [0.15, 0.2) is 18.2 Å². The molecule has 0 bridgehead atoms. The SMILES string of the molecule is CCCc1ccc(CCC(O)C(C)(C)C)c(Cl)c1. The van der Waals surface area contributed by atoms with E-state index in [0.717, 1.165) is 36.3 Å². The quantitative estimate of drug-likeness (QED) is 0.825. The summed E-state index contributed by atoms with van der Waals surface area (Å²) in [4.78, 5) is 0. The zero-order valence-electron chi connectivity index (χ0n) is 12.0. The highest BCUT2D eigenvalue weighted by Crippen LogP contribution is 2.25. The van der Waals surface area contributed by atoms with Crippen molar-refractivity contribution in [2.45, 2.75) is 59.5 Å². The van der Waals surface area contributed by atoms with Crippen molar-refractivity contribution in [2.24, 2.45) is 5.41 Å². The molecule has 0 heterocycles. The van der Waals surface area contributed by atoms with Crippen LogP contribution >= 0.6 is 11.6 Å². The third-order valence-corrected chi connectivity index (χ3v) is 3.69. The Kier molecular flexibility index (Phi) is 5.68. The molecule has 102 valence electrons. The van der Waals surface area contributed by atoms with E-state index in [-0.39, 0.29) is 11.5 Å². The van der Waals surface area contributed by atoms with Crippen molar-refractivity contribution in [1.29, 1.82) is 0 Å². The maximum atomic E-state index is 10.0. The zero-order chi connectivity index (χ0) is 13.8. The fourth-order valence-electron chi connectivity index (χ4n) is 1.96. The number of aryl methyl sites for hydroxylation is 2. The lowest BCUT2D eigenvalue weighted by molar-refractivity contribution is 0.0560. The molecule has 1 aromatic carbocycles. The van der Waals surface area contributed by atoms with Crippen molar-refractivity contribution in [3.8, 4) is 0 Å². The molecule has 0 amide bonds. The monoisotopic (exact) mass is 268 g/mol. The van der Waals surface area contributed by atoms with E-state index in [4.69, 9.17) is 11.6 Å². The summed E-state index contributed by atoms with van der Waals surface area (Å²) in [6, 6.07) is 6.31. The van der Waals surface area contributed by atoms with Gasteiger partial charge in [0.25, 0.3) is 0 Å². The molecule has 0 aromatic heterocycles. The summed E-state index contributed by atoms with van der Waals surface area (Å²) in [5, 5.41) is 10.9. The third-order valence-electron chi connectivity index (χ3n) is 3.34. The molecule has 0 radical (unpaired) electrons. The predicted octanol–water partition coefficient (Wildman–Crippen LogP) is 4.63. The van der Waals surface area contributed by atoms with Crippen molar-refractivity contribution < 1.29 is 5.11 Å². The first-order chi connectivity index (χ1) is 8.34. The summed E-state index contributed by atoms with van der Waals surface area (Å²) < 4.78 is 0. The summed E-state index contributed by atoms with van der Waals surface area (Å²) in [5.41, 5.74) is 2.37. The van der Waals surface area contributed by atoms with Crippen LogP contribution in [0.4, 0.5) is 0 Å². The molecule has 0 aliphatic heterocycles. The van der Waals surface area contributed by atoms with E-state index in [2.05, 4.69) is 45.9 Å². The summed E-state index contributed by atoms with van der Waals surface area (Å²) in [6.45, 7) is 8.35. The minimum atomic E-state index is -0.288. The number of aliphatic hydroxyl groups excluding tert-OH is 1. The fraction of sp³-hybridized carbons (Fsp3) is 0.625. The van der Waals surface area contributed by atoms with Gasteiger partial charge >= 0.3 is 0 Å². The summed E-state index contributed by atoms with van der Waals surface area (Å²) in [6.07, 6.45) is 3.52. The normalized spacial score (nSPS) is 13.7. The van der Waals surface area contributed by atoms with Crippen LogP contribution in [0.1, 0.15) is 51.7 Å². The Labute approximate surface area is 116 Å². The smallest absolute Gasteiger partial charge is 0.0591 e. The maximum Gasteiger partial charge on any atom is 0.0591 e. The largest absolute Gasteiger partial charge is 0.393 e. The minimum Gasteiger partial charge on any atom is -0.393 e. The lowest BCUT2D eigenvalue weighted by Gasteiger charge is -2.25. The van der Waals surface area contributed by atoms with Gasteiger partial charge in [-0.15, -0.1) is 0 Å². The molecule has 0 aliphatic carbocycles. The van der Waals surface area contributed by atoms with E-state index in [0.29, 0.717) is 0 Å². The van der Waals surface area contributed by atoms with Gasteiger partial charge in [0.1, 0.15) is 0 Å². The molecule has 2 heteroatoms. The van der Waals surface area contributed by atoms with Crippen LogP contribution < -0.4 is 0 Å². The lowest BCUT2D eigenvalue weighted by Crippen LogP contribution is -2.26. The molecular formula is C16H25ClO. The van der Waals surface area contributed by atoms with Gasteiger partial charge < -0.3 is 5.11 Å². The molecule has 0 aliphatic rings. The van der Waals surface area contributed by atoms with Crippen LogP contribution in [-0.2, 0) is 12.8 Å². The standard InChI is InChI=1S/C16H25ClO/c1-5-6-12-7-8-13(14(17)11-12)9-10-15(18)16(2,3)4/h7-8,11,15,18H,5-6,9-10H2,1-4H3. The summed E-state index contributed by atoms with van der Waals surface area (Å²) in [7, 11) is 0. The number of benzene rings is 1. The van der Waals surface area contributed by atoms with Crippen LogP contribution in [0.5, 0.6) is 0 Å². The van der Waals surface area contributed by atoms with Crippen LogP contribution in [0.3, 0.4) is 0 Å². The van der Waals surface area contributed by atoms with Crippen molar-refractivity contribution in [1.82, 2.24) is 0 Å². The topological polar surface area (TPSA) is 20.2 Å². The Morgan fingerprint density at radius 1 is 1.22 bits per heavy atom. The minimum absolute atomic E-state index is 0.0609. The first-order valence-electron chi connectivity index (χ1n) is 6.80. The van der Waals surface area contributed by atoms with E-state index in [1.807, 2.05) is 0 Å². The van der Waals surface area contributed by atoms with E-state index in [1.54, 1.807) is 0 Å². The van der Waals surface area contributed by atoms with Gasteiger partial charge in [0.2, 0.25) is 0 Å². The van der Waals surface area contributed by atoms with Crippen molar-refractivity contribution in [3.05, 3.63) is 34.3 Å². The van der Waals surface area contributed by atoms with Gasteiger partial charge in [-0.1, -0.05) is 57.8 Å². The molecule has 1 nitrogen and oxygen atoms in total. The van der Waals surface area contributed by atoms with Crippen molar-refractivity contribution in [2.75, 3.05) is 0 Å². The molecule has 0 spiro atoms. The second-order valence-corrected chi connectivity index (χ2v) is 6.50. The molecule has 0 fully saturated rings. The first kappa shape index (κ1) is 15.5. The average molecular weight is 269 g/mol. The molecule has 1 N–H and O–H groups in total. The van der Waals surface area contributed by atoms with Crippen LogP contribution in [-0.4, -0.2) is 11.2 Å². The Morgan fingerprint density at radius 3 is 2.39 bits per heavy atom. The van der Waals surface area contributed by atoms with E-state index >= 15 is 0 Å². The van der Waals surface area contributed by atoms with Crippen molar-refractivity contribution in [3.63, 3.8) is 0 Å². The first-order valence-corrected chi connectivity index (χ1v) is 7.17. The fourth-order valence-corrected chi connectivity index (χ4v) is 2.26. The van der Waals surface area contributed by atoms with Crippen LogP contribution in [0.25, 0.3) is 0 Å². The number of rotatable bonds is 5. The summed E-state index contributed by atoms with van der Waals surface area (Å²) in [5.74, 6) is 0. The molecule has 0 saturated carbocycles. The Hall–Kier alpha value is -0.530. The summed E-state index contributed by atoms with van der Waals surface area (Å²) >= 11 is 6.28. The van der Waals surface area contributed by atoms with Gasteiger partial charge in [-0.05, 0) is 41.9 Å². The zero-order valence-corrected chi connectivity index (χ0v) is 12.7. The van der Waals surface area contributed by atoms with E-state index in [1.165, 1.54) is 5.56 Å². The second kappa shape index (κ2) is 6.58. The van der Waals surface area contributed by atoms with Gasteiger partial charge in [-0.2, -0.15) is 0 Å². The molecule has 1 unspecified atom stereocenters. The number of aliphatic hydroxyl groups is 1. The molecular weight excluding hydrogens is 244 g/mol. The molecule has 18 heavy (non-hydrogen) atoms. The maximum absolute atomic E-state index is 10.0. The van der Waals surface area contributed by atoms with Gasteiger partial charge in [0.05, 0.1) is 6.10 Å². The predicted molar refractivity (Wildman–Crippen MR) is 79.2 cm³/mol. The Morgan fingerprint density at radius 2 is 1.89 bits per heavy atom. The van der Waals surface area contributed by atoms with Crippen LogP contribution in [0.2, 0.25) is 5.02 Å². The Bertz CT molecular complexity index is 379. The highest BCUT2D eigenvalue weighted by Gasteiger charge is 2.21. The number of hydrogen-bond donors (Lipinski definition) is 1. The van der Waals surface area contributed by atoms with Gasteiger partial charge in [0, 0.05) is 5.02 Å². The Balaban J connectivity index is 2.63. The van der Waals surface area contributed by atoms with E-state index < -0.39 is 0 Å². The van der Waals surface area contributed by atoms with Gasteiger partial charge in [-0.3, -0.25) is 0 Å². The van der Waals surface area contributed by atoms with Crippen molar-refractivity contribution >= 4 is 11.6 Å². The third kappa shape index (κ3) is 4.62. The highest BCUT2D eigenvalue weighted by molar-refractivity contribution is 6.31. The van der Waals surface area contributed by atoms with E-state index in [9.17, 15) is 5.11 Å². The molecule has 1 aromatic rings. The average Bonchev–Trinajstić information content (AvgIpc) is 2.26. The highest BCUT2D eigenvalue weighted by atomic mass is 35.5. The molecule has 1 rings (SSSR count). The molecule has 0 saturated heterocycles. The number of hydrogen-bond acceptors (Lipinski definition) is 1.